The maximum Gasteiger partial charge on any atom is 0.0639 e. The molecular formula is C44H72N2Pd. The molecule has 0 unspecified atom stereocenters. The molecule has 2 aromatic carbocycles. The number of benzene rings is 2. The van der Waals surface area contributed by atoms with Crippen molar-refractivity contribution in [3.05, 3.63) is 58.7 Å². The second kappa shape index (κ2) is 28.3. The van der Waals surface area contributed by atoms with E-state index in [4.69, 9.17) is 9.98 Å². The van der Waals surface area contributed by atoms with Crippen LogP contribution in [0, 0.1) is 0 Å². The molecule has 3 heteroatoms. The van der Waals surface area contributed by atoms with Crippen molar-refractivity contribution in [3.8, 4) is 0 Å². The first-order chi connectivity index (χ1) is 22.6. The first-order valence-corrected chi connectivity index (χ1v) is 20.0. The fraction of sp³-hybridized carbons (Fsp3) is 0.682. The summed E-state index contributed by atoms with van der Waals surface area (Å²) in [4.78, 5) is 11.1. The summed E-state index contributed by atoms with van der Waals surface area (Å²) >= 11 is 0. The van der Waals surface area contributed by atoms with Crippen LogP contribution >= 0.6 is 0 Å². The molecule has 0 spiro atoms. The Kier molecular flexibility index (Phi) is 26.2. The summed E-state index contributed by atoms with van der Waals surface area (Å²) in [6.45, 7) is 13.8. The van der Waals surface area contributed by atoms with E-state index in [2.05, 4.69) is 77.9 Å². The second-order valence-corrected chi connectivity index (χ2v) is 13.9. The van der Waals surface area contributed by atoms with E-state index < -0.39 is 0 Å². The Bertz CT molecular complexity index is 1080. The van der Waals surface area contributed by atoms with E-state index in [0.717, 1.165) is 56.3 Å². The standard InChI is InChI=1S/C44H72N2.Pd/c1-7-13-19-24-30-44(46-42-35-39(27-22-16-10-4)32-40(36-42)28-23-17-11-5)43(29-18-12-6)45-41-33-37(25-20-14-8-2)31-38(34-41)26-21-15-9-3;/h31-36H,7-30H2,1-6H3;/b45-43+,46-44+;. The van der Waals surface area contributed by atoms with Crippen molar-refractivity contribution < 1.29 is 20.4 Å². The Morgan fingerprint density at radius 1 is 0.362 bits per heavy atom. The molecule has 0 bridgehead atoms. The molecule has 0 radical (unpaired) electrons. The van der Waals surface area contributed by atoms with Crippen LogP contribution in [0.5, 0.6) is 0 Å². The number of hydrogen-bond donors (Lipinski definition) is 0. The van der Waals surface area contributed by atoms with E-state index in [1.165, 1.54) is 143 Å². The predicted molar refractivity (Wildman–Crippen MR) is 208 cm³/mol. The molecule has 0 saturated heterocycles. The van der Waals surface area contributed by atoms with Gasteiger partial charge < -0.3 is 0 Å². The van der Waals surface area contributed by atoms with Gasteiger partial charge in [0.2, 0.25) is 0 Å². The average molecular weight is 735 g/mol. The van der Waals surface area contributed by atoms with Crippen molar-refractivity contribution in [1.82, 2.24) is 0 Å². The van der Waals surface area contributed by atoms with Crippen molar-refractivity contribution in [2.75, 3.05) is 0 Å². The van der Waals surface area contributed by atoms with Gasteiger partial charge in [-0.2, -0.15) is 0 Å². The maximum absolute atomic E-state index is 5.54. The summed E-state index contributed by atoms with van der Waals surface area (Å²) in [5.41, 5.74) is 10.6. The van der Waals surface area contributed by atoms with Gasteiger partial charge in [-0.1, -0.05) is 131 Å². The number of unbranched alkanes of at least 4 members (excludes halogenated alkanes) is 12. The molecule has 0 aliphatic carbocycles. The molecular weight excluding hydrogens is 663 g/mol. The minimum atomic E-state index is 0. The van der Waals surface area contributed by atoms with E-state index >= 15 is 0 Å². The molecule has 0 saturated carbocycles. The molecule has 0 aliphatic heterocycles. The summed E-state index contributed by atoms with van der Waals surface area (Å²) in [7, 11) is 0. The predicted octanol–water partition coefficient (Wildman–Crippen LogP) is 14.6. The van der Waals surface area contributed by atoms with Crippen molar-refractivity contribution in [3.63, 3.8) is 0 Å². The molecule has 0 N–H and O–H groups in total. The third-order valence-corrected chi connectivity index (χ3v) is 9.25. The molecule has 2 aromatic rings. The van der Waals surface area contributed by atoms with Crippen LogP contribution in [-0.2, 0) is 46.1 Å². The van der Waals surface area contributed by atoms with Crippen molar-refractivity contribution in [2.45, 2.75) is 196 Å². The van der Waals surface area contributed by atoms with Crippen LogP contribution in [0.25, 0.3) is 0 Å². The molecule has 268 valence electrons. The summed E-state index contributed by atoms with van der Waals surface area (Å²) < 4.78 is 0. The minimum Gasteiger partial charge on any atom is -0.252 e. The number of aryl methyl sites for hydroxylation is 4. The minimum absolute atomic E-state index is 0. The Morgan fingerprint density at radius 3 is 0.979 bits per heavy atom. The van der Waals surface area contributed by atoms with Crippen LogP contribution in [0.3, 0.4) is 0 Å². The van der Waals surface area contributed by atoms with Crippen LogP contribution in [0.2, 0.25) is 0 Å². The van der Waals surface area contributed by atoms with E-state index in [1.807, 2.05) is 0 Å². The Balaban J connectivity index is 0.0000110. The van der Waals surface area contributed by atoms with Gasteiger partial charge in [-0.15, -0.1) is 0 Å². The van der Waals surface area contributed by atoms with Crippen molar-refractivity contribution >= 4 is 22.8 Å². The summed E-state index contributed by atoms with van der Waals surface area (Å²) in [5, 5.41) is 0. The molecule has 0 amide bonds. The van der Waals surface area contributed by atoms with E-state index in [9.17, 15) is 0 Å². The van der Waals surface area contributed by atoms with Gasteiger partial charge in [-0.05, 0) is 124 Å². The van der Waals surface area contributed by atoms with Crippen LogP contribution in [0.1, 0.15) is 192 Å². The van der Waals surface area contributed by atoms with Gasteiger partial charge >= 0.3 is 0 Å². The normalized spacial score (nSPS) is 12.0. The van der Waals surface area contributed by atoms with Gasteiger partial charge in [0.15, 0.2) is 0 Å². The number of aliphatic imine (C=N–C) groups is 2. The van der Waals surface area contributed by atoms with Gasteiger partial charge in [-0.3, -0.25) is 9.98 Å². The second-order valence-electron chi connectivity index (χ2n) is 13.9. The topological polar surface area (TPSA) is 24.7 Å². The van der Waals surface area contributed by atoms with E-state index in [0.29, 0.717) is 0 Å². The molecule has 0 aliphatic rings. The molecule has 2 nitrogen and oxygen atoms in total. The Hall–Kier alpha value is -1.56. The average Bonchev–Trinajstić information content (AvgIpc) is 3.05. The van der Waals surface area contributed by atoms with Crippen LogP contribution in [0.15, 0.2) is 46.4 Å². The van der Waals surface area contributed by atoms with Gasteiger partial charge in [0.25, 0.3) is 0 Å². The van der Waals surface area contributed by atoms with Crippen molar-refractivity contribution in [2.24, 2.45) is 9.98 Å². The first-order valence-electron chi connectivity index (χ1n) is 20.0. The zero-order valence-electron chi connectivity index (χ0n) is 31.6. The summed E-state index contributed by atoms with van der Waals surface area (Å²) in [5.74, 6) is 0. The SMILES string of the molecule is CCCCCCC(=N\c1cc(CCCCC)cc(CCCCC)c1)/C(CCCC)=N/c1cc(CCCCC)cc(CCCCC)c1.[Pd]. The van der Waals surface area contributed by atoms with Crippen LogP contribution in [-0.4, -0.2) is 11.4 Å². The fourth-order valence-electron chi connectivity index (χ4n) is 6.41. The molecule has 2 rings (SSSR count). The monoisotopic (exact) mass is 734 g/mol. The van der Waals surface area contributed by atoms with Crippen LogP contribution < -0.4 is 0 Å². The first kappa shape index (κ1) is 43.5. The van der Waals surface area contributed by atoms with Gasteiger partial charge in [0.1, 0.15) is 0 Å². The Labute approximate surface area is 306 Å². The number of nitrogens with zero attached hydrogens (tertiary/aromatic N) is 2. The number of hydrogen-bond acceptors (Lipinski definition) is 2. The smallest absolute Gasteiger partial charge is 0.0639 e. The zero-order chi connectivity index (χ0) is 33.2. The molecule has 0 aromatic heterocycles. The van der Waals surface area contributed by atoms with Crippen LogP contribution in [0.4, 0.5) is 11.4 Å². The quantitative estimate of drug-likeness (QED) is 0.0496. The molecule has 47 heavy (non-hydrogen) atoms. The van der Waals surface area contributed by atoms with Crippen molar-refractivity contribution in [1.29, 1.82) is 0 Å². The van der Waals surface area contributed by atoms with Gasteiger partial charge in [0, 0.05) is 20.4 Å². The maximum atomic E-state index is 5.54. The largest absolute Gasteiger partial charge is 0.252 e. The fourth-order valence-corrected chi connectivity index (χ4v) is 6.41. The van der Waals surface area contributed by atoms with Gasteiger partial charge in [-0.25, -0.2) is 0 Å². The Morgan fingerprint density at radius 2 is 0.660 bits per heavy atom. The van der Waals surface area contributed by atoms with E-state index in [1.54, 1.807) is 0 Å². The third kappa shape index (κ3) is 19.3. The van der Waals surface area contributed by atoms with Gasteiger partial charge in [0.05, 0.1) is 22.8 Å². The third-order valence-electron chi connectivity index (χ3n) is 9.25. The molecule has 0 fully saturated rings. The zero-order valence-corrected chi connectivity index (χ0v) is 33.2. The summed E-state index contributed by atoms with van der Waals surface area (Å²) in [6, 6.07) is 14.5. The summed E-state index contributed by atoms with van der Waals surface area (Å²) in [6.07, 6.45) is 29.3. The number of rotatable bonds is 27. The van der Waals surface area contributed by atoms with E-state index in [-0.39, 0.29) is 20.4 Å². The molecule has 0 atom stereocenters. The molecule has 0 heterocycles.